The van der Waals surface area contributed by atoms with Gasteiger partial charge in [0.1, 0.15) is 5.52 Å². The Morgan fingerprint density at radius 3 is 2.70 bits per heavy atom. The molecule has 1 fully saturated rings. The second kappa shape index (κ2) is 7.33. The van der Waals surface area contributed by atoms with E-state index in [1.54, 1.807) is 39.9 Å². The van der Waals surface area contributed by atoms with Gasteiger partial charge in [-0.25, -0.2) is 4.68 Å². The summed E-state index contributed by atoms with van der Waals surface area (Å²) in [5, 5.41) is 11.0. The fraction of sp³-hybridized carbons (Fsp3) is 0.333. The van der Waals surface area contributed by atoms with Gasteiger partial charge in [-0.2, -0.15) is 0 Å². The molecule has 2 aliphatic rings. The molecule has 5 rings (SSSR count). The zero-order valence-electron chi connectivity index (χ0n) is 16.5. The van der Waals surface area contributed by atoms with Crippen molar-refractivity contribution in [3.05, 3.63) is 42.0 Å². The first-order chi connectivity index (χ1) is 14.6. The minimum absolute atomic E-state index is 0.0399. The van der Waals surface area contributed by atoms with Crippen molar-refractivity contribution in [1.29, 1.82) is 0 Å². The average Bonchev–Trinajstić information content (AvgIpc) is 3.39. The molecule has 0 atom stereocenters. The van der Waals surface area contributed by atoms with Crippen molar-refractivity contribution in [2.75, 3.05) is 25.2 Å². The third-order valence-corrected chi connectivity index (χ3v) is 5.65. The van der Waals surface area contributed by atoms with Crippen LogP contribution in [0.1, 0.15) is 23.2 Å². The van der Waals surface area contributed by atoms with Crippen LogP contribution in [0.4, 0.5) is 5.69 Å². The van der Waals surface area contributed by atoms with E-state index in [2.05, 4.69) is 15.6 Å². The standard InChI is InChI=1S/C21H21N5O4/c1-25-17-4-2-14(10-16(17)23-24-25)21(28)26-8-6-13(7-9-26)20(27)22-15-3-5-18-19(11-15)30-12-29-18/h2-5,10-11,13H,6-9,12H2,1H3,(H,22,27). The maximum absolute atomic E-state index is 12.9. The Kier molecular flexibility index (Phi) is 4.50. The van der Waals surface area contributed by atoms with Crippen LogP contribution in [0.2, 0.25) is 0 Å². The van der Waals surface area contributed by atoms with Gasteiger partial charge in [0.2, 0.25) is 12.7 Å². The Morgan fingerprint density at radius 1 is 1.07 bits per heavy atom. The van der Waals surface area contributed by atoms with E-state index in [0.717, 1.165) is 5.52 Å². The quantitative estimate of drug-likeness (QED) is 0.715. The number of aryl methyl sites for hydroxylation is 1. The predicted octanol–water partition coefficient (Wildman–Crippen LogP) is 2.19. The van der Waals surface area contributed by atoms with Gasteiger partial charge in [-0.1, -0.05) is 5.21 Å². The van der Waals surface area contributed by atoms with Crippen molar-refractivity contribution < 1.29 is 19.1 Å². The van der Waals surface area contributed by atoms with Crippen molar-refractivity contribution >= 4 is 28.5 Å². The topological polar surface area (TPSA) is 98.6 Å². The lowest BCUT2D eigenvalue weighted by molar-refractivity contribution is -0.121. The molecule has 2 aliphatic heterocycles. The fourth-order valence-corrected chi connectivity index (χ4v) is 3.92. The molecule has 1 aromatic heterocycles. The van der Waals surface area contributed by atoms with E-state index in [0.29, 0.717) is 54.2 Å². The number of benzene rings is 2. The number of hydrogen-bond donors (Lipinski definition) is 1. The number of fused-ring (bicyclic) bond motifs is 2. The molecule has 30 heavy (non-hydrogen) atoms. The molecule has 2 aromatic carbocycles. The molecule has 0 unspecified atom stereocenters. The minimum Gasteiger partial charge on any atom is -0.454 e. The molecule has 2 amide bonds. The first-order valence-corrected chi connectivity index (χ1v) is 9.88. The number of anilines is 1. The summed E-state index contributed by atoms with van der Waals surface area (Å²) >= 11 is 0. The lowest BCUT2D eigenvalue weighted by Gasteiger charge is -2.31. The summed E-state index contributed by atoms with van der Waals surface area (Å²) in [5.41, 5.74) is 2.85. The molecule has 9 heteroatoms. The van der Waals surface area contributed by atoms with Gasteiger partial charge in [0, 0.05) is 43.4 Å². The molecule has 0 spiro atoms. The van der Waals surface area contributed by atoms with Crippen LogP contribution in [-0.4, -0.2) is 51.6 Å². The highest BCUT2D eigenvalue weighted by Gasteiger charge is 2.28. The first kappa shape index (κ1) is 18.4. The van der Waals surface area contributed by atoms with Gasteiger partial charge in [0.15, 0.2) is 11.5 Å². The highest BCUT2D eigenvalue weighted by Crippen LogP contribution is 2.34. The molecule has 0 aliphatic carbocycles. The third kappa shape index (κ3) is 3.32. The monoisotopic (exact) mass is 407 g/mol. The Bertz CT molecular complexity index is 1130. The van der Waals surface area contributed by atoms with Crippen LogP contribution >= 0.6 is 0 Å². The number of amides is 2. The predicted molar refractivity (Wildman–Crippen MR) is 108 cm³/mol. The van der Waals surface area contributed by atoms with Crippen molar-refractivity contribution in [2.24, 2.45) is 13.0 Å². The van der Waals surface area contributed by atoms with Gasteiger partial charge in [0.25, 0.3) is 5.91 Å². The largest absolute Gasteiger partial charge is 0.454 e. The van der Waals surface area contributed by atoms with E-state index in [1.807, 2.05) is 13.1 Å². The number of nitrogens with zero attached hydrogens (tertiary/aromatic N) is 4. The molecule has 154 valence electrons. The zero-order valence-corrected chi connectivity index (χ0v) is 16.5. The van der Waals surface area contributed by atoms with Gasteiger partial charge in [-0.3, -0.25) is 9.59 Å². The Labute approximate surface area is 172 Å². The molecular weight excluding hydrogens is 386 g/mol. The van der Waals surface area contributed by atoms with Gasteiger partial charge < -0.3 is 19.7 Å². The van der Waals surface area contributed by atoms with Gasteiger partial charge in [-0.05, 0) is 43.2 Å². The van der Waals surface area contributed by atoms with Gasteiger partial charge in [-0.15, -0.1) is 5.10 Å². The summed E-state index contributed by atoms with van der Waals surface area (Å²) in [4.78, 5) is 27.3. The molecule has 0 saturated carbocycles. The second-order valence-corrected chi connectivity index (χ2v) is 7.54. The van der Waals surface area contributed by atoms with E-state index in [-0.39, 0.29) is 24.5 Å². The number of carbonyl (C=O) groups is 2. The number of nitrogens with one attached hydrogen (secondary N) is 1. The molecule has 9 nitrogen and oxygen atoms in total. The highest BCUT2D eigenvalue weighted by atomic mass is 16.7. The molecule has 0 radical (unpaired) electrons. The average molecular weight is 407 g/mol. The van der Waals surface area contributed by atoms with E-state index < -0.39 is 0 Å². The number of aromatic nitrogens is 3. The lowest BCUT2D eigenvalue weighted by Crippen LogP contribution is -2.41. The minimum atomic E-state index is -0.137. The van der Waals surface area contributed by atoms with Crippen LogP contribution in [0, 0.1) is 5.92 Å². The van der Waals surface area contributed by atoms with Crippen LogP contribution in [-0.2, 0) is 11.8 Å². The fourth-order valence-electron chi connectivity index (χ4n) is 3.92. The molecule has 3 heterocycles. The van der Waals surface area contributed by atoms with Crippen LogP contribution in [0.3, 0.4) is 0 Å². The van der Waals surface area contributed by atoms with Crippen molar-refractivity contribution in [3.63, 3.8) is 0 Å². The summed E-state index contributed by atoms with van der Waals surface area (Å²) in [6.07, 6.45) is 1.24. The number of ether oxygens (including phenoxy) is 2. The maximum Gasteiger partial charge on any atom is 0.253 e. The van der Waals surface area contributed by atoms with E-state index >= 15 is 0 Å². The second-order valence-electron chi connectivity index (χ2n) is 7.54. The van der Waals surface area contributed by atoms with E-state index in [9.17, 15) is 9.59 Å². The highest BCUT2D eigenvalue weighted by molar-refractivity contribution is 5.98. The number of hydrogen-bond acceptors (Lipinski definition) is 6. The summed E-state index contributed by atoms with van der Waals surface area (Å²) in [6.45, 7) is 1.27. The smallest absolute Gasteiger partial charge is 0.253 e. The van der Waals surface area contributed by atoms with Gasteiger partial charge >= 0.3 is 0 Å². The number of piperidine rings is 1. The van der Waals surface area contributed by atoms with Crippen LogP contribution in [0.25, 0.3) is 11.0 Å². The SMILES string of the molecule is Cn1nnc2cc(C(=O)N3CCC(C(=O)Nc4ccc5c(c4)OCO5)CC3)ccc21. The summed E-state index contributed by atoms with van der Waals surface area (Å²) in [7, 11) is 1.82. The summed E-state index contributed by atoms with van der Waals surface area (Å²) in [6, 6.07) is 10.8. The van der Waals surface area contributed by atoms with Crippen molar-refractivity contribution in [2.45, 2.75) is 12.8 Å². The Hall–Kier alpha value is -3.62. The number of rotatable bonds is 3. The molecule has 1 saturated heterocycles. The van der Waals surface area contributed by atoms with E-state index in [4.69, 9.17) is 9.47 Å². The lowest BCUT2D eigenvalue weighted by atomic mass is 9.95. The molecule has 3 aromatic rings. The van der Waals surface area contributed by atoms with Gasteiger partial charge in [0.05, 0.1) is 5.52 Å². The van der Waals surface area contributed by atoms with Crippen LogP contribution in [0.5, 0.6) is 11.5 Å². The van der Waals surface area contributed by atoms with Crippen molar-refractivity contribution in [1.82, 2.24) is 19.9 Å². The number of carbonyl (C=O) groups excluding carboxylic acids is 2. The summed E-state index contributed by atoms with van der Waals surface area (Å²) < 4.78 is 12.3. The van der Waals surface area contributed by atoms with Crippen molar-refractivity contribution in [3.8, 4) is 11.5 Å². The Morgan fingerprint density at radius 2 is 1.87 bits per heavy atom. The zero-order chi connectivity index (χ0) is 20.7. The molecule has 0 bridgehead atoms. The number of likely N-dealkylation sites (tertiary alicyclic amines) is 1. The van der Waals surface area contributed by atoms with Crippen LogP contribution in [0.15, 0.2) is 36.4 Å². The molecular formula is C21H21N5O4. The Balaban J connectivity index is 1.20. The van der Waals surface area contributed by atoms with E-state index in [1.165, 1.54) is 0 Å². The maximum atomic E-state index is 12.9. The normalized spacial score (nSPS) is 16.1. The molecule has 1 N–H and O–H groups in total. The first-order valence-electron chi connectivity index (χ1n) is 9.88. The van der Waals surface area contributed by atoms with Crippen LogP contribution < -0.4 is 14.8 Å². The third-order valence-electron chi connectivity index (χ3n) is 5.65. The summed E-state index contributed by atoms with van der Waals surface area (Å²) in [5.74, 6) is 1.09.